The molecule has 110 valence electrons. The Bertz CT molecular complexity index is 494. The van der Waals surface area contributed by atoms with Crippen molar-refractivity contribution < 1.29 is 14.1 Å². The predicted molar refractivity (Wildman–Crippen MR) is 72.7 cm³/mol. The number of benzene rings is 1. The lowest BCUT2D eigenvalue weighted by molar-refractivity contribution is -0.387. The Labute approximate surface area is 116 Å². The van der Waals surface area contributed by atoms with Gasteiger partial charge in [-0.2, -0.15) is 4.39 Å². The first-order chi connectivity index (χ1) is 9.47. The number of nitro benzene ring substituents is 1. The van der Waals surface area contributed by atoms with Crippen LogP contribution in [0.1, 0.15) is 25.8 Å². The van der Waals surface area contributed by atoms with Crippen LogP contribution in [-0.2, 0) is 11.3 Å². The predicted octanol–water partition coefficient (Wildman–Crippen LogP) is 1.74. The highest BCUT2D eigenvalue weighted by atomic mass is 19.1. The quantitative estimate of drug-likeness (QED) is 0.589. The zero-order valence-electron chi connectivity index (χ0n) is 11.5. The lowest BCUT2D eigenvalue weighted by Crippen LogP contribution is -2.42. The van der Waals surface area contributed by atoms with Crippen LogP contribution in [0.5, 0.6) is 0 Å². The highest BCUT2D eigenvalue weighted by molar-refractivity contribution is 5.81. The molecule has 1 aromatic carbocycles. The second kappa shape index (κ2) is 7.54. The van der Waals surface area contributed by atoms with Crippen LogP contribution in [0.4, 0.5) is 10.1 Å². The molecule has 0 radical (unpaired) electrons. The summed E-state index contributed by atoms with van der Waals surface area (Å²) >= 11 is 0. The number of nitro groups is 1. The summed E-state index contributed by atoms with van der Waals surface area (Å²) < 4.78 is 13.8. The van der Waals surface area contributed by atoms with Gasteiger partial charge in [-0.25, -0.2) is 0 Å². The van der Waals surface area contributed by atoms with E-state index >= 15 is 0 Å². The molecule has 0 aliphatic heterocycles. The van der Waals surface area contributed by atoms with Gasteiger partial charge in [0, 0.05) is 24.7 Å². The number of hydrogen-bond acceptors (Lipinski definition) is 4. The fraction of sp³-hybridized carbons (Fsp3) is 0.462. The van der Waals surface area contributed by atoms with Crippen LogP contribution in [0.3, 0.4) is 0 Å². The van der Waals surface area contributed by atoms with Crippen molar-refractivity contribution in [3.8, 4) is 0 Å². The van der Waals surface area contributed by atoms with Crippen LogP contribution in [0, 0.1) is 15.9 Å². The molecule has 0 spiro atoms. The molecule has 7 heteroatoms. The molecule has 20 heavy (non-hydrogen) atoms. The number of nitrogens with zero attached hydrogens (tertiary/aromatic N) is 1. The molecule has 1 unspecified atom stereocenters. The molecule has 0 aliphatic rings. The van der Waals surface area contributed by atoms with E-state index in [1.807, 2.05) is 6.92 Å². The highest BCUT2D eigenvalue weighted by Gasteiger charge is 2.18. The molecule has 0 aromatic heterocycles. The molecule has 1 aromatic rings. The van der Waals surface area contributed by atoms with E-state index in [0.717, 1.165) is 12.5 Å². The van der Waals surface area contributed by atoms with Crippen LogP contribution < -0.4 is 10.6 Å². The lowest BCUT2D eigenvalue weighted by Gasteiger charge is -2.14. The Morgan fingerprint density at radius 1 is 1.50 bits per heavy atom. The van der Waals surface area contributed by atoms with Gasteiger partial charge in [0.1, 0.15) is 0 Å². The van der Waals surface area contributed by atoms with E-state index in [4.69, 9.17) is 0 Å². The second-order valence-electron chi connectivity index (χ2n) is 4.40. The minimum Gasteiger partial charge on any atom is -0.355 e. The third-order valence-corrected chi connectivity index (χ3v) is 2.80. The fourth-order valence-corrected chi connectivity index (χ4v) is 1.60. The molecular weight excluding hydrogens is 265 g/mol. The Morgan fingerprint density at radius 3 is 2.80 bits per heavy atom. The molecule has 0 fully saturated rings. The van der Waals surface area contributed by atoms with Crippen molar-refractivity contribution in [1.29, 1.82) is 0 Å². The van der Waals surface area contributed by atoms with Crippen LogP contribution in [-0.4, -0.2) is 23.4 Å². The van der Waals surface area contributed by atoms with Gasteiger partial charge in [-0.1, -0.05) is 19.1 Å². The van der Waals surface area contributed by atoms with Crippen LogP contribution in [0.15, 0.2) is 18.2 Å². The summed E-state index contributed by atoms with van der Waals surface area (Å²) in [5, 5.41) is 16.2. The zero-order chi connectivity index (χ0) is 15.1. The number of nitrogens with one attached hydrogen (secondary N) is 2. The molecule has 0 bridgehead atoms. The minimum atomic E-state index is -0.869. The first-order valence-corrected chi connectivity index (χ1v) is 6.40. The van der Waals surface area contributed by atoms with E-state index in [-0.39, 0.29) is 18.0 Å². The molecule has 0 aliphatic carbocycles. The van der Waals surface area contributed by atoms with E-state index in [1.54, 1.807) is 6.92 Å². The zero-order valence-corrected chi connectivity index (χ0v) is 11.5. The number of hydrogen-bond donors (Lipinski definition) is 2. The second-order valence-corrected chi connectivity index (χ2v) is 4.40. The number of amides is 1. The summed E-state index contributed by atoms with van der Waals surface area (Å²) in [6, 6.07) is 3.47. The lowest BCUT2D eigenvalue weighted by atomic mass is 10.1. The number of rotatable bonds is 7. The summed E-state index contributed by atoms with van der Waals surface area (Å²) in [5.41, 5.74) is -0.401. The smallest absolute Gasteiger partial charge is 0.305 e. The van der Waals surface area contributed by atoms with Crippen molar-refractivity contribution in [2.24, 2.45) is 0 Å². The largest absolute Gasteiger partial charge is 0.355 e. The van der Waals surface area contributed by atoms with E-state index < -0.39 is 22.5 Å². The third kappa shape index (κ3) is 4.27. The highest BCUT2D eigenvalue weighted by Crippen LogP contribution is 2.19. The van der Waals surface area contributed by atoms with E-state index in [1.165, 1.54) is 12.1 Å². The average molecular weight is 283 g/mol. The fourth-order valence-electron chi connectivity index (χ4n) is 1.60. The number of carbonyl (C=O) groups excluding carboxylic acids is 1. The van der Waals surface area contributed by atoms with Gasteiger partial charge >= 0.3 is 5.69 Å². The number of halogens is 1. The van der Waals surface area contributed by atoms with Gasteiger partial charge < -0.3 is 10.6 Å². The summed E-state index contributed by atoms with van der Waals surface area (Å²) in [5.74, 6) is -1.05. The Hall–Kier alpha value is -2.02. The maximum atomic E-state index is 13.8. The topological polar surface area (TPSA) is 84.3 Å². The molecule has 0 heterocycles. The maximum absolute atomic E-state index is 13.8. The van der Waals surface area contributed by atoms with Gasteiger partial charge in [0.2, 0.25) is 11.7 Å². The SMILES string of the molecule is CCCNC(=O)C(C)NCc1cccc([N+](=O)[O-])c1F. The van der Waals surface area contributed by atoms with Crippen molar-refractivity contribution in [2.45, 2.75) is 32.9 Å². The Balaban J connectivity index is 2.64. The molecule has 6 nitrogen and oxygen atoms in total. The molecule has 1 amide bonds. The first-order valence-electron chi connectivity index (χ1n) is 6.40. The normalized spacial score (nSPS) is 11.9. The van der Waals surface area contributed by atoms with Gasteiger partial charge in [-0.3, -0.25) is 14.9 Å². The van der Waals surface area contributed by atoms with Crippen molar-refractivity contribution in [3.63, 3.8) is 0 Å². The summed E-state index contributed by atoms with van der Waals surface area (Å²) in [7, 11) is 0. The number of carbonyl (C=O) groups is 1. The van der Waals surface area contributed by atoms with Crippen LogP contribution >= 0.6 is 0 Å². The summed E-state index contributed by atoms with van der Waals surface area (Å²) in [6.45, 7) is 4.22. The molecule has 2 N–H and O–H groups in total. The minimum absolute atomic E-state index is 0.0498. The van der Waals surface area contributed by atoms with E-state index in [0.29, 0.717) is 6.54 Å². The van der Waals surface area contributed by atoms with Crippen LogP contribution in [0.2, 0.25) is 0 Å². The average Bonchev–Trinajstić information content (AvgIpc) is 2.42. The van der Waals surface area contributed by atoms with E-state index in [2.05, 4.69) is 10.6 Å². The van der Waals surface area contributed by atoms with Gasteiger partial charge in [-0.05, 0) is 13.3 Å². The monoisotopic (exact) mass is 283 g/mol. The first kappa shape index (κ1) is 16.0. The van der Waals surface area contributed by atoms with Gasteiger partial charge in [-0.15, -0.1) is 0 Å². The van der Waals surface area contributed by atoms with Crippen molar-refractivity contribution in [1.82, 2.24) is 10.6 Å². The third-order valence-electron chi connectivity index (χ3n) is 2.80. The van der Waals surface area contributed by atoms with Crippen molar-refractivity contribution >= 4 is 11.6 Å². The molecule has 0 saturated carbocycles. The van der Waals surface area contributed by atoms with Crippen molar-refractivity contribution in [2.75, 3.05) is 6.54 Å². The van der Waals surface area contributed by atoms with Crippen LogP contribution in [0.25, 0.3) is 0 Å². The maximum Gasteiger partial charge on any atom is 0.305 e. The Kier molecular flexibility index (Phi) is 6.05. The van der Waals surface area contributed by atoms with Gasteiger partial charge in [0.25, 0.3) is 0 Å². The molecule has 1 rings (SSSR count). The van der Waals surface area contributed by atoms with E-state index in [9.17, 15) is 19.3 Å². The molecular formula is C13H18FN3O3. The summed E-state index contributed by atoms with van der Waals surface area (Å²) in [4.78, 5) is 21.5. The summed E-state index contributed by atoms with van der Waals surface area (Å²) in [6.07, 6.45) is 0.831. The molecule has 0 saturated heterocycles. The van der Waals surface area contributed by atoms with Gasteiger partial charge in [0.05, 0.1) is 11.0 Å². The molecule has 1 atom stereocenters. The van der Waals surface area contributed by atoms with Gasteiger partial charge in [0.15, 0.2) is 0 Å². The standard InChI is InChI=1S/C13H18FN3O3/c1-3-7-15-13(18)9(2)16-8-10-5-4-6-11(12(10)14)17(19)20/h4-6,9,16H,3,7-8H2,1-2H3,(H,15,18). The Morgan fingerprint density at radius 2 is 2.20 bits per heavy atom. The van der Waals surface area contributed by atoms with Crippen molar-refractivity contribution in [3.05, 3.63) is 39.7 Å².